The molecule has 2 amide bonds. The molecule has 2 unspecified atom stereocenters. The van der Waals surface area contributed by atoms with Crippen molar-refractivity contribution < 1.29 is 28.5 Å². The minimum Gasteiger partial charge on any atom is -0.489 e. The van der Waals surface area contributed by atoms with E-state index in [0.29, 0.717) is 40.3 Å². The topological polar surface area (TPSA) is 86.3 Å². The van der Waals surface area contributed by atoms with Crippen LogP contribution in [0.25, 0.3) is 0 Å². The van der Waals surface area contributed by atoms with E-state index in [1.807, 2.05) is 0 Å². The van der Waals surface area contributed by atoms with Crippen LogP contribution >= 0.6 is 11.6 Å². The Bertz CT molecular complexity index is 1040. The van der Waals surface area contributed by atoms with Crippen molar-refractivity contribution in [2.45, 2.75) is 25.4 Å². The second-order valence-corrected chi connectivity index (χ2v) is 8.46. The quantitative estimate of drug-likeness (QED) is 0.711. The van der Waals surface area contributed by atoms with E-state index in [0.717, 1.165) is 19.4 Å². The first kappa shape index (κ1) is 20.9. The number of hydrogen-bond acceptors (Lipinski definition) is 6. The van der Waals surface area contributed by atoms with Gasteiger partial charge in [-0.1, -0.05) is 11.6 Å². The van der Waals surface area contributed by atoms with E-state index in [9.17, 15) is 9.59 Å². The van der Waals surface area contributed by atoms with E-state index >= 15 is 0 Å². The smallest absolute Gasteiger partial charge is 0.231 e. The van der Waals surface area contributed by atoms with Gasteiger partial charge in [-0.3, -0.25) is 9.59 Å². The molecule has 0 radical (unpaired) electrons. The Morgan fingerprint density at radius 1 is 1.19 bits per heavy atom. The zero-order chi connectivity index (χ0) is 22.1. The fourth-order valence-corrected chi connectivity index (χ4v) is 4.28. The molecule has 32 heavy (non-hydrogen) atoms. The lowest BCUT2D eigenvalue weighted by Crippen LogP contribution is -2.28. The van der Waals surface area contributed by atoms with Crippen LogP contribution in [0.15, 0.2) is 36.4 Å². The van der Waals surface area contributed by atoms with Crippen molar-refractivity contribution >= 4 is 34.8 Å². The number of ether oxygens (including phenoxy) is 4. The molecule has 9 heteroatoms. The van der Waals surface area contributed by atoms with Gasteiger partial charge in [-0.25, -0.2) is 0 Å². The lowest BCUT2D eigenvalue weighted by molar-refractivity contribution is -0.122. The Labute approximate surface area is 190 Å². The molecule has 0 aliphatic carbocycles. The van der Waals surface area contributed by atoms with Crippen molar-refractivity contribution in [3.63, 3.8) is 0 Å². The van der Waals surface area contributed by atoms with Crippen LogP contribution < -0.4 is 24.4 Å². The number of nitrogens with zero attached hydrogens (tertiary/aromatic N) is 1. The van der Waals surface area contributed by atoms with Crippen molar-refractivity contribution in [2.75, 3.05) is 36.8 Å². The number of nitrogens with one attached hydrogen (secondary N) is 1. The molecule has 0 spiro atoms. The first-order chi connectivity index (χ1) is 15.6. The summed E-state index contributed by atoms with van der Waals surface area (Å²) in [5.74, 6) is 0.880. The van der Waals surface area contributed by atoms with E-state index in [1.165, 1.54) is 0 Å². The summed E-state index contributed by atoms with van der Waals surface area (Å²) in [5, 5.41) is 3.37. The fraction of sp³-hybridized carbons (Fsp3) is 0.391. The van der Waals surface area contributed by atoms with Crippen molar-refractivity contribution in [2.24, 2.45) is 5.92 Å². The number of carbonyl (C=O) groups excluding carboxylic acids is 2. The lowest BCUT2D eigenvalue weighted by Gasteiger charge is -2.18. The molecular formula is C23H23ClN2O6. The number of benzene rings is 2. The molecule has 0 bridgehead atoms. The van der Waals surface area contributed by atoms with Gasteiger partial charge >= 0.3 is 0 Å². The van der Waals surface area contributed by atoms with Crippen LogP contribution in [0.3, 0.4) is 0 Å². The van der Waals surface area contributed by atoms with Crippen molar-refractivity contribution in [1.82, 2.24) is 0 Å². The second kappa shape index (κ2) is 8.88. The highest BCUT2D eigenvalue weighted by molar-refractivity contribution is 6.31. The summed E-state index contributed by atoms with van der Waals surface area (Å²) in [7, 11) is 0. The third-order valence-electron chi connectivity index (χ3n) is 5.81. The lowest BCUT2D eigenvalue weighted by atomic mass is 10.1. The van der Waals surface area contributed by atoms with Gasteiger partial charge in [-0.15, -0.1) is 0 Å². The molecule has 3 aliphatic rings. The molecule has 1 N–H and O–H groups in total. The summed E-state index contributed by atoms with van der Waals surface area (Å²) < 4.78 is 22.2. The molecule has 8 nitrogen and oxygen atoms in total. The minimum atomic E-state index is -0.502. The SMILES string of the molecule is O=C(Nc1cc(Cl)ccc1OCC1CCCO1)C1CC(=O)N(c2ccc3c(c2)OCO3)C1. The summed E-state index contributed by atoms with van der Waals surface area (Å²) in [4.78, 5) is 27.2. The average molecular weight is 459 g/mol. The average Bonchev–Trinajstić information content (AvgIpc) is 3.53. The molecule has 3 heterocycles. The van der Waals surface area contributed by atoms with Gasteiger partial charge in [0.2, 0.25) is 18.6 Å². The zero-order valence-corrected chi connectivity index (χ0v) is 18.1. The molecule has 2 aromatic rings. The molecule has 2 fully saturated rings. The molecular weight excluding hydrogens is 436 g/mol. The standard InChI is InChI=1S/C23H23ClN2O6/c24-15-3-5-19(30-12-17-2-1-7-29-17)18(9-15)25-23(28)14-8-22(27)26(11-14)16-4-6-20-21(10-16)32-13-31-20/h3-6,9-10,14,17H,1-2,7-8,11-13H2,(H,25,28). The van der Waals surface area contributed by atoms with Gasteiger partial charge in [-0.2, -0.15) is 0 Å². The van der Waals surface area contributed by atoms with Gasteiger partial charge in [0.25, 0.3) is 0 Å². The normalized spacial score (nSPS) is 21.8. The van der Waals surface area contributed by atoms with E-state index in [-0.39, 0.29) is 37.7 Å². The predicted molar refractivity (Wildman–Crippen MR) is 118 cm³/mol. The number of amides is 2. The molecule has 0 saturated carbocycles. The first-order valence-electron chi connectivity index (χ1n) is 10.6. The van der Waals surface area contributed by atoms with Crippen LogP contribution in [0, 0.1) is 5.92 Å². The highest BCUT2D eigenvalue weighted by Gasteiger charge is 2.36. The molecule has 2 atom stereocenters. The third kappa shape index (κ3) is 4.33. The van der Waals surface area contributed by atoms with Gasteiger partial charge < -0.3 is 29.2 Å². The van der Waals surface area contributed by atoms with Crippen LogP contribution in [0.1, 0.15) is 19.3 Å². The highest BCUT2D eigenvalue weighted by atomic mass is 35.5. The fourth-order valence-electron chi connectivity index (χ4n) is 4.10. The molecule has 3 aliphatic heterocycles. The van der Waals surface area contributed by atoms with Crippen LogP contribution in [-0.4, -0.2) is 44.5 Å². The highest BCUT2D eigenvalue weighted by Crippen LogP contribution is 2.37. The number of hydrogen-bond donors (Lipinski definition) is 1. The van der Waals surface area contributed by atoms with Crippen LogP contribution in [0.2, 0.25) is 5.02 Å². The van der Waals surface area contributed by atoms with Gasteiger partial charge in [0.15, 0.2) is 11.5 Å². The number of rotatable bonds is 6. The van der Waals surface area contributed by atoms with Gasteiger partial charge in [-0.05, 0) is 43.2 Å². The minimum absolute atomic E-state index is 0.0527. The molecule has 168 valence electrons. The summed E-state index contributed by atoms with van der Waals surface area (Å²) in [6.07, 6.45) is 2.15. The van der Waals surface area contributed by atoms with Crippen LogP contribution in [0.5, 0.6) is 17.2 Å². The molecule has 5 rings (SSSR count). The van der Waals surface area contributed by atoms with Crippen molar-refractivity contribution in [1.29, 1.82) is 0 Å². The predicted octanol–water partition coefficient (Wildman–Crippen LogP) is 3.62. The van der Waals surface area contributed by atoms with E-state index in [2.05, 4.69) is 5.32 Å². The molecule has 2 saturated heterocycles. The Morgan fingerprint density at radius 3 is 2.91 bits per heavy atom. The van der Waals surface area contributed by atoms with Crippen molar-refractivity contribution in [3.05, 3.63) is 41.4 Å². The number of fused-ring (bicyclic) bond motifs is 1. The number of halogens is 1. The van der Waals surface area contributed by atoms with Gasteiger partial charge in [0.05, 0.1) is 17.7 Å². The first-order valence-corrected chi connectivity index (χ1v) is 11.0. The van der Waals surface area contributed by atoms with Crippen molar-refractivity contribution in [3.8, 4) is 17.2 Å². The summed E-state index contributed by atoms with van der Waals surface area (Å²) in [6, 6.07) is 10.4. The maximum absolute atomic E-state index is 13.0. The monoisotopic (exact) mass is 458 g/mol. The van der Waals surface area contributed by atoms with E-state index in [4.69, 9.17) is 30.5 Å². The maximum atomic E-state index is 13.0. The van der Waals surface area contributed by atoms with Gasteiger partial charge in [0, 0.05) is 36.3 Å². The largest absolute Gasteiger partial charge is 0.489 e. The van der Waals surface area contributed by atoms with E-state index < -0.39 is 5.92 Å². The Balaban J connectivity index is 1.26. The van der Waals surface area contributed by atoms with E-state index in [1.54, 1.807) is 41.3 Å². The Morgan fingerprint density at radius 2 is 2.06 bits per heavy atom. The zero-order valence-electron chi connectivity index (χ0n) is 17.3. The molecule has 0 aromatic heterocycles. The Kier molecular flexibility index (Phi) is 5.80. The Hall–Kier alpha value is -2.97. The second-order valence-electron chi connectivity index (χ2n) is 8.02. The maximum Gasteiger partial charge on any atom is 0.231 e. The third-order valence-corrected chi connectivity index (χ3v) is 6.05. The van der Waals surface area contributed by atoms with Crippen LogP contribution in [-0.2, 0) is 14.3 Å². The summed E-state index contributed by atoms with van der Waals surface area (Å²) in [5.41, 5.74) is 1.16. The molecule has 2 aromatic carbocycles. The number of carbonyl (C=O) groups is 2. The summed E-state index contributed by atoms with van der Waals surface area (Å²) >= 11 is 6.14. The number of anilines is 2. The summed E-state index contributed by atoms with van der Waals surface area (Å²) in [6.45, 7) is 1.59. The van der Waals surface area contributed by atoms with Gasteiger partial charge in [0.1, 0.15) is 12.4 Å². The van der Waals surface area contributed by atoms with Crippen LogP contribution in [0.4, 0.5) is 11.4 Å².